The smallest absolute Gasteiger partial charge is 0.271 e. The van der Waals surface area contributed by atoms with E-state index in [1.807, 2.05) is 18.2 Å². The van der Waals surface area contributed by atoms with Gasteiger partial charge in [-0.05, 0) is 24.3 Å². The predicted octanol–water partition coefficient (Wildman–Crippen LogP) is 3.94. The van der Waals surface area contributed by atoms with E-state index in [2.05, 4.69) is 10.9 Å². The van der Waals surface area contributed by atoms with E-state index in [0.29, 0.717) is 21.4 Å². The number of nitrogens with one attached hydrogen (secondary N) is 2. The van der Waals surface area contributed by atoms with Crippen molar-refractivity contribution in [2.45, 2.75) is 11.3 Å². The fourth-order valence-corrected chi connectivity index (χ4v) is 3.13. The lowest BCUT2D eigenvalue weighted by Crippen LogP contribution is -2.41. The summed E-state index contributed by atoms with van der Waals surface area (Å²) in [6, 6.07) is 14.0. The SMILES string of the molecule is O=C(CCSc1ccccc1Cl)NNC(=O)c1ccccc1Cl. The molecule has 0 aliphatic carbocycles. The normalized spacial score (nSPS) is 10.2. The van der Waals surface area contributed by atoms with E-state index in [0.717, 1.165) is 4.90 Å². The van der Waals surface area contributed by atoms with Crippen LogP contribution in [0.1, 0.15) is 16.8 Å². The van der Waals surface area contributed by atoms with Gasteiger partial charge in [-0.3, -0.25) is 20.4 Å². The molecule has 0 saturated heterocycles. The van der Waals surface area contributed by atoms with Crippen LogP contribution in [-0.4, -0.2) is 17.6 Å². The fraction of sp³-hybridized carbons (Fsp3) is 0.125. The predicted molar refractivity (Wildman–Crippen MR) is 93.9 cm³/mol. The average molecular weight is 369 g/mol. The zero-order chi connectivity index (χ0) is 16.7. The molecule has 0 heterocycles. The first-order chi connectivity index (χ1) is 11.1. The molecule has 2 rings (SSSR count). The maximum absolute atomic E-state index is 11.9. The Morgan fingerprint density at radius 2 is 1.57 bits per heavy atom. The minimum absolute atomic E-state index is 0.249. The van der Waals surface area contributed by atoms with Crippen LogP contribution < -0.4 is 10.9 Å². The van der Waals surface area contributed by atoms with Gasteiger partial charge in [0.15, 0.2) is 0 Å². The maximum Gasteiger partial charge on any atom is 0.271 e. The summed E-state index contributed by atoms with van der Waals surface area (Å²) in [6.45, 7) is 0. The summed E-state index contributed by atoms with van der Waals surface area (Å²) in [5.74, 6) is -0.190. The first-order valence-electron chi connectivity index (χ1n) is 6.79. The molecule has 0 unspecified atom stereocenters. The van der Waals surface area contributed by atoms with Crippen molar-refractivity contribution < 1.29 is 9.59 Å². The quantitative estimate of drug-likeness (QED) is 0.620. The molecule has 0 aliphatic rings. The molecule has 0 aromatic heterocycles. The second-order valence-corrected chi connectivity index (χ2v) is 6.46. The third-order valence-corrected chi connectivity index (χ3v) is 4.70. The third kappa shape index (κ3) is 5.46. The first-order valence-corrected chi connectivity index (χ1v) is 8.53. The lowest BCUT2D eigenvalue weighted by atomic mass is 10.2. The third-order valence-electron chi connectivity index (χ3n) is 2.86. The molecular formula is C16H14Cl2N2O2S. The van der Waals surface area contributed by atoms with E-state index >= 15 is 0 Å². The highest BCUT2D eigenvalue weighted by atomic mass is 35.5. The highest BCUT2D eigenvalue weighted by molar-refractivity contribution is 7.99. The van der Waals surface area contributed by atoms with E-state index in [-0.39, 0.29) is 12.3 Å². The Balaban J connectivity index is 1.74. The molecule has 0 radical (unpaired) electrons. The van der Waals surface area contributed by atoms with Gasteiger partial charge in [0.25, 0.3) is 5.91 Å². The van der Waals surface area contributed by atoms with Crippen LogP contribution >= 0.6 is 35.0 Å². The van der Waals surface area contributed by atoms with Crippen molar-refractivity contribution in [1.82, 2.24) is 10.9 Å². The Kier molecular flexibility index (Phi) is 6.77. The summed E-state index contributed by atoms with van der Waals surface area (Å²) in [5, 5.41) is 0.985. The molecule has 0 spiro atoms. The van der Waals surface area contributed by atoms with E-state index in [1.54, 1.807) is 30.3 Å². The standard InChI is InChI=1S/C16H14Cl2N2O2S/c17-12-6-2-1-5-11(12)16(22)20-19-15(21)9-10-23-14-8-4-3-7-13(14)18/h1-8H,9-10H2,(H,19,21)(H,20,22). The number of thioether (sulfide) groups is 1. The number of hydrogen-bond acceptors (Lipinski definition) is 3. The van der Waals surface area contributed by atoms with Crippen molar-refractivity contribution in [3.8, 4) is 0 Å². The van der Waals surface area contributed by atoms with Gasteiger partial charge in [0.2, 0.25) is 5.91 Å². The van der Waals surface area contributed by atoms with Gasteiger partial charge in [-0.25, -0.2) is 0 Å². The van der Waals surface area contributed by atoms with Crippen LogP contribution in [0.2, 0.25) is 10.0 Å². The summed E-state index contributed by atoms with van der Waals surface area (Å²) in [6.07, 6.45) is 0.249. The minimum Gasteiger partial charge on any atom is -0.273 e. The van der Waals surface area contributed by atoms with E-state index < -0.39 is 5.91 Å². The van der Waals surface area contributed by atoms with Crippen LogP contribution in [-0.2, 0) is 4.79 Å². The van der Waals surface area contributed by atoms with Crippen molar-refractivity contribution in [2.75, 3.05) is 5.75 Å². The molecule has 0 fully saturated rings. The Labute approximate surface area is 148 Å². The summed E-state index contributed by atoms with van der Waals surface area (Å²) >= 11 is 13.4. The lowest BCUT2D eigenvalue weighted by Gasteiger charge is -2.08. The molecule has 2 aromatic carbocycles. The average Bonchev–Trinajstić information content (AvgIpc) is 2.55. The van der Waals surface area contributed by atoms with E-state index in [4.69, 9.17) is 23.2 Å². The molecule has 2 N–H and O–H groups in total. The number of hydrazine groups is 1. The topological polar surface area (TPSA) is 58.2 Å². The zero-order valence-corrected chi connectivity index (χ0v) is 14.3. The van der Waals surface area contributed by atoms with Gasteiger partial charge in [0, 0.05) is 17.1 Å². The van der Waals surface area contributed by atoms with Gasteiger partial charge in [-0.1, -0.05) is 47.5 Å². The number of benzene rings is 2. The number of carbonyl (C=O) groups excluding carboxylic acids is 2. The highest BCUT2D eigenvalue weighted by Crippen LogP contribution is 2.26. The van der Waals surface area contributed by atoms with Crippen molar-refractivity contribution in [2.24, 2.45) is 0 Å². The second-order valence-electron chi connectivity index (χ2n) is 4.51. The first kappa shape index (κ1) is 17.7. The largest absolute Gasteiger partial charge is 0.273 e. The van der Waals surface area contributed by atoms with Crippen molar-refractivity contribution >= 4 is 46.8 Å². The molecule has 0 bridgehead atoms. The zero-order valence-electron chi connectivity index (χ0n) is 12.0. The second kappa shape index (κ2) is 8.82. The monoisotopic (exact) mass is 368 g/mol. The van der Waals surface area contributed by atoms with Crippen molar-refractivity contribution in [3.05, 3.63) is 64.1 Å². The van der Waals surface area contributed by atoms with Crippen molar-refractivity contribution in [3.63, 3.8) is 0 Å². The van der Waals surface area contributed by atoms with Crippen LogP contribution in [0, 0.1) is 0 Å². The number of hydrogen-bond donors (Lipinski definition) is 2. The number of halogens is 2. The molecule has 0 saturated carbocycles. The molecule has 7 heteroatoms. The fourth-order valence-electron chi connectivity index (χ4n) is 1.72. The van der Waals surface area contributed by atoms with Crippen LogP contribution in [0.4, 0.5) is 0 Å². The molecule has 0 aliphatic heterocycles. The van der Waals surface area contributed by atoms with Gasteiger partial charge >= 0.3 is 0 Å². The Bertz CT molecular complexity index is 710. The van der Waals surface area contributed by atoms with Crippen LogP contribution in [0.3, 0.4) is 0 Å². The van der Waals surface area contributed by atoms with Crippen LogP contribution in [0.15, 0.2) is 53.4 Å². The van der Waals surface area contributed by atoms with Gasteiger partial charge < -0.3 is 0 Å². The van der Waals surface area contributed by atoms with Gasteiger partial charge in [0.05, 0.1) is 15.6 Å². The van der Waals surface area contributed by atoms with Crippen LogP contribution in [0.25, 0.3) is 0 Å². The maximum atomic E-state index is 11.9. The lowest BCUT2D eigenvalue weighted by molar-refractivity contribution is -0.121. The van der Waals surface area contributed by atoms with Crippen molar-refractivity contribution in [1.29, 1.82) is 0 Å². The van der Waals surface area contributed by atoms with Gasteiger partial charge in [0.1, 0.15) is 0 Å². The summed E-state index contributed by atoms with van der Waals surface area (Å²) in [5.41, 5.74) is 5.01. The van der Waals surface area contributed by atoms with E-state index in [1.165, 1.54) is 11.8 Å². The molecule has 0 atom stereocenters. The molecular weight excluding hydrogens is 355 g/mol. The van der Waals surface area contributed by atoms with Gasteiger partial charge in [-0.15, -0.1) is 11.8 Å². The Morgan fingerprint density at radius 1 is 0.913 bits per heavy atom. The molecule has 120 valence electrons. The van der Waals surface area contributed by atoms with Crippen LogP contribution in [0.5, 0.6) is 0 Å². The highest BCUT2D eigenvalue weighted by Gasteiger charge is 2.10. The molecule has 2 aromatic rings. The molecule has 23 heavy (non-hydrogen) atoms. The summed E-state index contributed by atoms with van der Waals surface area (Å²) in [7, 11) is 0. The Hall–Kier alpha value is -1.69. The number of amides is 2. The number of rotatable bonds is 5. The molecule has 2 amide bonds. The molecule has 4 nitrogen and oxygen atoms in total. The number of carbonyl (C=O) groups is 2. The van der Waals surface area contributed by atoms with E-state index in [9.17, 15) is 9.59 Å². The minimum atomic E-state index is -0.456. The Morgan fingerprint density at radius 3 is 2.26 bits per heavy atom. The summed E-state index contributed by atoms with van der Waals surface area (Å²) in [4.78, 5) is 24.5. The van der Waals surface area contributed by atoms with Gasteiger partial charge in [-0.2, -0.15) is 0 Å². The summed E-state index contributed by atoms with van der Waals surface area (Å²) < 4.78 is 0.